The van der Waals surface area contributed by atoms with Gasteiger partial charge in [0.25, 0.3) is 5.91 Å². The zero-order valence-electron chi connectivity index (χ0n) is 19.5. The third-order valence-corrected chi connectivity index (χ3v) is 6.29. The van der Waals surface area contributed by atoms with Crippen LogP contribution in [0.5, 0.6) is 0 Å². The molecule has 3 aromatic heterocycles. The van der Waals surface area contributed by atoms with Crippen molar-refractivity contribution in [3.8, 4) is 0 Å². The van der Waals surface area contributed by atoms with Gasteiger partial charge in [-0.1, -0.05) is 23.8 Å². The van der Waals surface area contributed by atoms with E-state index in [0.717, 1.165) is 43.9 Å². The molecular weight excluding hydrogens is 424 g/mol. The van der Waals surface area contributed by atoms with Crippen LogP contribution in [-0.2, 0) is 13.1 Å². The van der Waals surface area contributed by atoms with Crippen LogP contribution in [-0.4, -0.2) is 25.7 Å². The third-order valence-electron chi connectivity index (χ3n) is 6.29. The summed E-state index contributed by atoms with van der Waals surface area (Å²) in [6.07, 6.45) is 6.93. The summed E-state index contributed by atoms with van der Waals surface area (Å²) < 4.78 is 1.74. The molecule has 3 N–H and O–H groups in total. The molecule has 1 amide bonds. The zero-order valence-corrected chi connectivity index (χ0v) is 19.5. The molecule has 5 rings (SSSR count). The van der Waals surface area contributed by atoms with Crippen molar-refractivity contribution in [1.29, 1.82) is 0 Å². The first-order valence-corrected chi connectivity index (χ1v) is 11.2. The first kappa shape index (κ1) is 21.6. The van der Waals surface area contributed by atoms with Crippen molar-refractivity contribution in [1.82, 2.24) is 25.1 Å². The number of nitrogens with two attached hydrogens (primary N) is 1. The number of nitrogens with zero attached hydrogens (tertiary/aromatic N) is 4. The summed E-state index contributed by atoms with van der Waals surface area (Å²) in [6, 6.07) is 12.3. The smallest absolute Gasteiger partial charge is 0.254 e. The number of carbonyl (C=O) groups excluding carboxylic acids is 1. The lowest BCUT2D eigenvalue weighted by Crippen LogP contribution is -2.23. The monoisotopic (exact) mass is 450 g/mol. The molecule has 0 saturated carbocycles. The van der Waals surface area contributed by atoms with Gasteiger partial charge in [0.15, 0.2) is 0 Å². The van der Waals surface area contributed by atoms with Crippen LogP contribution in [0.2, 0.25) is 0 Å². The van der Waals surface area contributed by atoms with E-state index < -0.39 is 0 Å². The fraction of sp³-hybridized carbons (Fsp3) is 0.185. The quantitative estimate of drug-likeness (QED) is 0.412. The molecule has 170 valence electrons. The number of carbonyl (C=O) groups is 1. The molecule has 0 unspecified atom stereocenters. The molecule has 7 heteroatoms. The molecule has 0 aliphatic carbocycles. The number of amides is 1. The van der Waals surface area contributed by atoms with Crippen LogP contribution in [0, 0.1) is 20.8 Å². The lowest BCUT2D eigenvalue weighted by atomic mass is 9.96. The van der Waals surface area contributed by atoms with Crippen LogP contribution in [0.1, 0.15) is 38.3 Å². The zero-order chi connectivity index (χ0) is 23.8. The van der Waals surface area contributed by atoms with E-state index in [4.69, 9.17) is 5.73 Å². The Bertz CT molecular complexity index is 1550. The topological polar surface area (TPSA) is 98.7 Å². The molecule has 0 atom stereocenters. The van der Waals surface area contributed by atoms with Crippen molar-refractivity contribution in [3.05, 3.63) is 94.7 Å². The van der Waals surface area contributed by atoms with Crippen molar-refractivity contribution < 1.29 is 4.79 Å². The Morgan fingerprint density at radius 1 is 1.00 bits per heavy atom. The molecule has 0 spiro atoms. The van der Waals surface area contributed by atoms with Crippen molar-refractivity contribution in [2.45, 2.75) is 33.9 Å². The van der Waals surface area contributed by atoms with Crippen molar-refractivity contribution in [3.63, 3.8) is 0 Å². The van der Waals surface area contributed by atoms with Crippen LogP contribution in [0.25, 0.3) is 21.5 Å². The van der Waals surface area contributed by atoms with Crippen molar-refractivity contribution in [2.24, 2.45) is 0 Å². The number of nitrogen functional groups attached to an aromatic ring is 1. The summed E-state index contributed by atoms with van der Waals surface area (Å²) in [4.78, 5) is 21.5. The van der Waals surface area contributed by atoms with Crippen LogP contribution < -0.4 is 11.1 Å². The highest BCUT2D eigenvalue weighted by molar-refractivity contribution is 5.95. The van der Waals surface area contributed by atoms with Gasteiger partial charge in [-0.3, -0.25) is 14.5 Å². The van der Waals surface area contributed by atoms with Crippen molar-refractivity contribution >= 4 is 33.3 Å². The van der Waals surface area contributed by atoms with Crippen LogP contribution in [0.4, 0.5) is 5.82 Å². The maximum absolute atomic E-state index is 12.8. The fourth-order valence-corrected chi connectivity index (χ4v) is 4.40. The molecule has 3 heterocycles. The standard InChI is InChI=1S/C27H26N6O/c1-16-4-5-19-11-30-22(10-20(19)8-16)15-33-14-21(12-32-33)27(34)31-13-25-17(2)9-24-23(18(25)3)6-7-29-26(24)28/h4-12,14H,13,15H2,1-3H3,(H2,28,29)(H,31,34). The Morgan fingerprint density at radius 3 is 2.71 bits per heavy atom. The Balaban J connectivity index is 1.30. The summed E-state index contributed by atoms with van der Waals surface area (Å²) in [7, 11) is 0. The van der Waals surface area contributed by atoms with E-state index in [1.165, 1.54) is 5.56 Å². The van der Waals surface area contributed by atoms with Crippen LogP contribution in [0.3, 0.4) is 0 Å². The minimum absolute atomic E-state index is 0.165. The number of anilines is 1. The van der Waals surface area contributed by atoms with Crippen LogP contribution in [0.15, 0.2) is 61.2 Å². The number of nitrogens with one attached hydrogen (secondary N) is 1. The van der Waals surface area contributed by atoms with E-state index in [1.54, 1.807) is 23.3 Å². The van der Waals surface area contributed by atoms with Gasteiger partial charge in [-0.15, -0.1) is 0 Å². The first-order chi connectivity index (χ1) is 16.4. The Labute approximate surface area is 197 Å². The summed E-state index contributed by atoms with van der Waals surface area (Å²) in [5.74, 6) is 0.351. The van der Waals surface area contributed by atoms with E-state index in [0.29, 0.717) is 24.5 Å². The van der Waals surface area contributed by atoms with E-state index in [9.17, 15) is 4.79 Å². The van der Waals surface area contributed by atoms with E-state index in [2.05, 4.69) is 51.6 Å². The van der Waals surface area contributed by atoms with Crippen LogP contribution >= 0.6 is 0 Å². The molecule has 0 fully saturated rings. The minimum Gasteiger partial charge on any atom is -0.383 e. The van der Waals surface area contributed by atoms with Gasteiger partial charge in [-0.05, 0) is 66.4 Å². The van der Waals surface area contributed by atoms with E-state index in [-0.39, 0.29) is 5.91 Å². The molecular formula is C27H26N6O. The van der Waals surface area contributed by atoms with Gasteiger partial charge in [0.1, 0.15) is 5.82 Å². The number of benzene rings is 2. The highest BCUT2D eigenvalue weighted by atomic mass is 16.1. The molecule has 0 bridgehead atoms. The van der Waals surface area contributed by atoms with Crippen molar-refractivity contribution in [2.75, 3.05) is 5.73 Å². The molecule has 0 saturated heterocycles. The number of hydrogen-bond donors (Lipinski definition) is 2. The maximum Gasteiger partial charge on any atom is 0.254 e. The van der Waals surface area contributed by atoms with E-state index in [1.807, 2.05) is 32.2 Å². The Kier molecular flexibility index (Phi) is 5.45. The van der Waals surface area contributed by atoms with Gasteiger partial charge in [-0.25, -0.2) is 4.98 Å². The normalized spacial score (nSPS) is 11.3. The number of hydrogen-bond acceptors (Lipinski definition) is 5. The van der Waals surface area contributed by atoms with E-state index >= 15 is 0 Å². The van der Waals surface area contributed by atoms with Gasteiger partial charge < -0.3 is 11.1 Å². The number of fused-ring (bicyclic) bond motifs is 2. The van der Waals surface area contributed by atoms with Gasteiger partial charge in [-0.2, -0.15) is 5.10 Å². The second-order valence-corrected chi connectivity index (χ2v) is 8.72. The Morgan fingerprint density at radius 2 is 1.85 bits per heavy atom. The molecule has 0 aliphatic rings. The number of rotatable bonds is 5. The SMILES string of the molecule is Cc1ccc2cnc(Cn3cc(C(=O)NCc4c(C)cc5c(N)nccc5c4C)cn3)cc2c1. The predicted molar refractivity (Wildman–Crippen MR) is 135 cm³/mol. The first-order valence-electron chi connectivity index (χ1n) is 11.2. The number of aryl methyl sites for hydroxylation is 3. The number of aromatic nitrogens is 4. The summed E-state index contributed by atoms with van der Waals surface area (Å²) in [5.41, 5.74) is 11.9. The molecule has 0 radical (unpaired) electrons. The highest BCUT2D eigenvalue weighted by Crippen LogP contribution is 2.28. The number of pyridine rings is 2. The minimum atomic E-state index is -0.165. The lowest BCUT2D eigenvalue weighted by Gasteiger charge is -2.14. The molecule has 2 aromatic carbocycles. The van der Waals surface area contributed by atoms with Gasteiger partial charge in [0.05, 0.1) is 24.0 Å². The molecule has 7 nitrogen and oxygen atoms in total. The Hall–Kier alpha value is -4.26. The predicted octanol–water partition coefficient (Wildman–Crippen LogP) is 4.47. The lowest BCUT2D eigenvalue weighted by molar-refractivity contribution is 0.0950. The molecule has 0 aliphatic heterocycles. The third kappa shape index (κ3) is 4.08. The highest BCUT2D eigenvalue weighted by Gasteiger charge is 2.13. The summed E-state index contributed by atoms with van der Waals surface area (Å²) in [5, 5.41) is 11.6. The average Bonchev–Trinajstić information content (AvgIpc) is 3.28. The maximum atomic E-state index is 12.8. The van der Waals surface area contributed by atoms with Gasteiger partial charge in [0.2, 0.25) is 0 Å². The second-order valence-electron chi connectivity index (χ2n) is 8.72. The van der Waals surface area contributed by atoms with Gasteiger partial charge >= 0.3 is 0 Å². The summed E-state index contributed by atoms with van der Waals surface area (Å²) >= 11 is 0. The van der Waals surface area contributed by atoms with Gasteiger partial charge in [0, 0.05) is 35.9 Å². The average molecular weight is 451 g/mol. The molecule has 34 heavy (non-hydrogen) atoms. The second kappa shape index (κ2) is 8.59. The largest absolute Gasteiger partial charge is 0.383 e. The molecule has 5 aromatic rings. The summed E-state index contributed by atoms with van der Waals surface area (Å²) in [6.45, 7) is 7.06. The fourth-order valence-electron chi connectivity index (χ4n) is 4.40.